The standard InChI is InChI=1S/C41H56O4/c1-25(2)29-17-22-41(34(43)16-9-26(3)42)24-23-39(7)31(35(29)41)14-15-33-38(6)20-18-30(27-10-12-28(13-11-27)36(44)45)37(4,5)32(38)19-21-40(33,39)8/h10-13,18,29,31-33,35H,1,9,14-17,19-24H2,2-8H3,(H,44,45)/t29-,31+,32-,33+,35+,38-,39+,40+,41+/m0/s1. The molecule has 6 rings (SSSR count). The lowest BCUT2D eigenvalue weighted by Crippen LogP contribution is -2.65. The zero-order valence-electron chi connectivity index (χ0n) is 28.9. The third-order valence-electron chi connectivity index (χ3n) is 15.3. The molecule has 1 aromatic rings. The highest BCUT2D eigenvalue weighted by molar-refractivity contribution is 5.90. The number of aromatic carboxylic acids is 1. The molecule has 0 spiro atoms. The van der Waals surface area contributed by atoms with Gasteiger partial charge < -0.3 is 9.90 Å². The number of hydrogen-bond acceptors (Lipinski definition) is 3. The summed E-state index contributed by atoms with van der Waals surface area (Å²) in [5, 5.41) is 9.44. The molecule has 4 fully saturated rings. The van der Waals surface area contributed by atoms with Crippen LogP contribution in [-0.2, 0) is 9.59 Å². The third kappa shape index (κ3) is 4.54. The van der Waals surface area contributed by atoms with E-state index in [4.69, 9.17) is 0 Å². The Kier molecular flexibility index (Phi) is 7.77. The second-order valence-corrected chi connectivity index (χ2v) is 17.4. The van der Waals surface area contributed by atoms with Crippen molar-refractivity contribution in [3.05, 3.63) is 53.6 Å². The maximum Gasteiger partial charge on any atom is 0.335 e. The molecule has 5 aliphatic rings. The van der Waals surface area contributed by atoms with Crippen molar-refractivity contribution in [2.75, 3.05) is 0 Å². The molecule has 1 aromatic carbocycles. The molecule has 0 heterocycles. The lowest BCUT2D eigenvalue weighted by molar-refractivity contribution is -0.224. The minimum absolute atomic E-state index is 0.0157. The summed E-state index contributed by atoms with van der Waals surface area (Å²) in [6, 6.07) is 7.50. The quantitative estimate of drug-likeness (QED) is 0.311. The maximum absolute atomic E-state index is 14.1. The summed E-state index contributed by atoms with van der Waals surface area (Å²) in [5.41, 5.74) is 4.35. The first-order chi connectivity index (χ1) is 21.0. The van der Waals surface area contributed by atoms with Gasteiger partial charge in [0.05, 0.1) is 5.56 Å². The SMILES string of the molecule is C=C(C)[C@@H]1CC[C@]2(C(=O)CCC(C)=O)CC[C@]3(C)[C@H](CC[C@@H]4[C@@]5(C)CC=C(c6ccc(C(=O)O)cc6)C(C)(C)[C@@H]5CC[C@]43C)[C@@H]12. The molecule has 0 saturated heterocycles. The van der Waals surface area contributed by atoms with E-state index in [9.17, 15) is 19.5 Å². The Morgan fingerprint density at radius 2 is 1.51 bits per heavy atom. The molecule has 0 radical (unpaired) electrons. The number of allylic oxidation sites excluding steroid dienone is 3. The first kappa shape index (κ1) is 32.5. The first-order valence-electron chi connectivity index (χ1n) is 17.8. The van der Waals surface area contributed by atoms with Crippen LogP contribution >= 0.6 is 0 Å². The molecule has 0 amide bonds. The van der Waals surface area contributed by atoms with Crippen molar-refractivity contribution in [3.8, 4) is 0 Å². The molecule has 0 aromatic heterocycles. The van der Waals surface area contributed by atoms with E-state index in [0.717, 1.165) is 37.7 Å². The zero-order valence-corrected chi connectivity index (χ0v) is 28.9. The number of carbonyl (C=O) groups is 3. The number of carboxylic acids is 1. The summed E-state index contributed by atoms with van der Waals surface area (Å²) in [6.07, 6.45) is 13.3. The predicted molar refractivity (Wildman–Crippen MR) is 181 cm³/mol. The predicted octanol–water partition coefficient (Wildman–Crippen LogP) is 9.97. The number of carboxylic acid groups (broad SMARTS) is 1. The van der Waals surface area contributed by atoms with Gasteiger partial charge >= 0.3 is 5.97 Å². The molecule has 0 unspecified atom stereocenters. The van der Waals surface area contributed by atoms with E-state index in [1.54, 1.807) is 19.1 Å². The Hall–Kier alpha value is -2.49. The van der Waals surface area contributed by atoms with E-state index < -0.39 is 5.97 Å². The van der Waals surface area contributed by atoms with Crippen LogP contribution in [0.15, 0.2) is 42.5 Å². The van der Waals surface area contributed by atoms with Gasteiger partial charge in [0.25, 0.3) is 0 Å². The minimum atomic E-state index is -0.880. The summed E-state index contributed by atoms with van der Waals surface area (Å²) < 4.78 is 0. The summed E-state index contributed by atoms with van der Waals surface area (Å²) in [7, 11) is 0. The smallest absolute Gasteiger partial charge is 0.335 e. The van der Waals surface area contributed by atoms with Gasteiger partial charge in [0.1, 0.15) is 11.6 Å². The van der Waals surface area contributed by atoms with Crippen molar-refractivity contribution in [3.63, 3.8) is 0 Å². The van der Waals surface area contributed by atoms with E-state index in [2.05, 4.69) is 54.2 Å². The van der Waals surface area contributed by atoms with E-state index in [-0.39, 0.29) is 32.9 Å². The van der Waals surface area contributed by atoms with E-state index in [1.807, 2.05) is 12.1 Å². The number of ketones is 2. The van der Waals surface area contributed by atoms with Crippen molar-refractivity contribution in [1.29, 1.82) is 0 Å². The van der Waals surface area contributed by atoms with Crippen LogP contribution in [0.2, 0.25) is 0 Å². The van der Waals surface area contributed by atoms with Crippen LogP contribution in [0, 0.1) is 56.7 Å². The van der Waals surface area contributed by atoms with Crippen LogP contribution in [-0.4, -0.2) is 22.6 Å². The van der Waals surface area contributed by atoms with E-state index in [1.165, 1.54) is 36.8 Å². The molecule has 0 aliphatic heterocycles. The van der Waals surface area contributed by atoms with Gasteiger partial charge in [-0.3, -0.25) is 4.79 Å². The monoisotopic (exact) mass is 612 g/mol. The maximum atomic E-state index is 14.1. The highest BCUT2D eigenvalue weighted by atomic mass is 16.4. The number of Topliss-reactive ketones (excluding diaryl/α,β-unsaturated/α-hetero) is 2. The van der Waals surface area contributed by atoms with Gasteiger partial charge in [-0.1, -0.05) is 65.0 Å². The fourth-order valence-electron chi connectivity index (χ4n) is 13.1. The Labute approximate surface area is 271 Å². The number of hydrogen-bond donors (Lipinski definition) is 1. The van der Waals surface area contributed by atoms with Crippen LogP contribution in [0.3, 0.4) is 0 Å². The van der Waals surface area contributed by atoms with Gasteiger partial charge in [-0.05, 0) is 146 Å². The third-order valence-corrected chi connectivity index (χ3v) is 15.3. The van der Waals surface area contributed by atoms with Gasteiger partial charge in [0.2, 0.25) is 0 Å². The van der Waals surface area contributed by atoms with Crippen LogP contribution in [0.1, 0.15) is 135 Å². The van der Waals surface area contributed by atoms with Crippen LogP contribution < -0.4 is 0 Å². The van der Waals surface area contributed by atoms with Gasteiger partial charge in [0, 0.05) is 18.3 Å². The fourth-order valence-corrected chi connectivity index (χ4v) is 13.1. The van der Waals surface area contributed by atoms with Crippen molar-refractivity contribution in [2.24, 2.45) is 56.7 Å². The normalized spacial score (nSPS) is 41.5. The average Bonchev–Trinajstić information content (AvgIpc) is 3.37. The van der Waals surface area contributed by atoms with Gasteiger partial charge in [-0.15, -0.1) is 0 Å². The fraction of sp³-hybridized carbons (Fsp3) is 0.683. The molecule has 4 heteroatoms. The van der Waals surface area contributed by atoms with Gasteiger partial charge in [0.15, 0.2) is 0 Å². The Balaban J connectivity index is 1.35. The molecule has 244 valence electrons. The molecular weight excluding hydrogens is 556 g/mol. The summed E-state index contributed by atoms with van der Waals surface area (Å²) in [6.45, 7) is 21.0. The Bertz CT molecular complexity index is 1450. The molecule has 4 saturated carbocycles. The second-order valence-electron chi connectivity index (χ2n) is 17.4. The zero-order chi connectivity index (χ0) is 32.7. The molecule has 5 aliphatic carbocycles. The Morgan fingerprint density at radius 1 is 0.822 bits per heavy atom. The molecule has 45 heavy (non-hydrogen) atoms. The van der Waals surface area contributed by atoms with Crippen molar-refractivity contribution in [1.82, 2.24) is 0 Å². The minimum Gasteiger partial charge on any atom is -0.478 e. The van der Waals surface area contributed by atoms with Crippen LogP contribution in [0.25, 0.3) is 5.57 Å². The summed E-state index contributed by atoms with van der Waals surface area (Å²) in [5.74, 6) is 2.01. The van der Waals surface area contributed by atoms with Crippen molar-refractivity contribution >= 4 is 23.1 Å². The highest BCUT2D eigenvalue weighted by Gasteiger charge is 2.71. The number of rotatable bonds is 7. The molecule has 4 nitrogen and oxygen atoms in total. The molecule has 1 N–H and O–H groups in total. The van der Waals surface area contributed by atoms with Gasteiger partial charge in [-0.2, -0.15) is 0 Å². The van der Waals surface area contributed by atoms with E-state index in [0.29, 0.717) is 53.8 Å². The van der Waals surface area contributed by atoms with Crippen molar-refractivity contribution in [2.45, 2.75) is 119 Å². The first-order valence-corrected chi connectivity index (χ1v) is 17.8. The number of fused-ring (bicyclic) bond motifs is 7. The summed E-state index contributed by atoms with van der Waals surface area (Å²) >= 11 is 0. The number of carbonyl (C=O) groups excluding carboxylic acids is 2. The van der Waals surface area contributed by atoms with Gasteiger partial charge in [-0.25, -0.2) is 4.79 Å². The summed E-state index contributed by atoms with van der Waals surface area (Å²) in [4.78, 5) is 37.5. The lowest BCUT2D eigenvalue weighted by atomic mass is 9.32. The van der Waals surface area contributed by atoms with Crippen LogP contribution in [0.5, 0.6) is 0 Å². The largest absolute Gasteiger partial charge is 0.478 e. The molecule has 0 bridgehead atoms. The molecule has 9 atom stereocenters. The average molecular weight is 613 g/mol. The second kappa shape index (κ2) is 10.8. The van der Waals surface area contributed by atoms with Crippen molar-refractivity contribution < 1.29 is 19.5 Å². The van der Waals surface area contributed by atoms with Crippen LogP contribution in [0.4, 0.5) is 0 Å². The Morgan fingerprint density at radius 3 is 2.13 bits per heavy atom. The lowest BCUT2D eigenvalue weighted by Gasteiger charge is -2.72. The number of benzene rings is 1. The highest BCUT2D eigenvalue weighted by Crippen LogP contribution is 2.78. The molecular formula is C41H56O4. The van der Waals surface area contributed by atoms with E-state index >= 15 is 0 Å². The topological polar surface area (TPSA) is 71.4 Å².